The number of aryl methyl sites for hydroxylation is 1. The quantitative estimate of drug-likeness (QED) is 0.413. The van der Waals surface area contributed by atoms with Crippen LogP contribution < -0.4 is 21.7 Å². The molecule has 150 valence electrons. The molecule has 30 heavy (non-hydrogen) atoms. The lowest BCUT2D eigenvalue weighted by Crippen LogP contribution is -2.31. The standard InChI is InChI=1S/C21H18N6O3/c1-11-10-23-20(25-13-2-4-15-12(8-13)6-7-22-19(15)28)27-18(11)24-14-3-5-17-16(9-14)26-21(29)30-17/h2-5,8-10H,6-7H2,1H3,(H,22,28)(H,26,29)(H2,23,24,25,27). The van der Waals surface area contributed by atoms with Gasteiger partial charge in [-0.1, -0.05) is 0 Å². The lowest BCUT2D eigenvalue weighted by atomic mass is 10.00. The van der Waals surface area contributed by atoms with Crippen molar-refractivity contribution in [3.63, 3.8) is 0 Å². The summed E-state index contributed by atoms with van der Waals surface area (Å²) in [7, 11) is 0. The highest BCUT2D eigenvalue weighted by Gasteiger charge is 2.16. The summed E-state index contributed by atoms with van der Waals surface area (Å²) in [5.74, 6) is 0.530. The summed E-state index contributed by atoms with van der Waals surface area (Å²) in [6.07, 6.45) is 2.51. The second-order valence-corrected chi connectivity index (χ2v) is 7.08. The van der Waals surface area contributed by atoms with E-state index < -0.39 is 5.76 Å². The molecule has 1 aliphatic heterocycles. The van der Waals surface area contributed by atoms with E-state index in [4.69, 9.17) is 4.42 Å². The van der Waals surface area contributed by atoms with Crippen molar-refractivity contribution in [1.29, 1.82) is 0 Å². The zero-order chi connectivity index (χ0) is 20.7. The van der Waals surface area contributed by atoms with Gasteiger partial charge in [0.25, 0.3) is 5.91 Å². The van der Waals surface area contributed by atoms with Crippen molar-refractivity contribution in [2.75, 3.05) is 17.2 Å². The summed E-state index contributed by atoms with van der Waals surface area (Å²) in [5, 5.41) is 9.29. The summed E-state index contributed by atoms with van der Waals surface area (Å²) < 4.78 is 5.03. The van der Waals surface area contributed by atoms with Crippen LogP contribution >= 0.6 is 0 Å². The molecule has 3 heterocycles. The van der Waals surface area contributed by atoms with Crippen molar-refractivity contribution < 1.29 is 9.21 Å². The molecule has 0 bridgehead atoms. The number of oxazole rings is 1. The van der Waals surface area contributed by atoms with Crippen LogP contribution in [0.25, 0.3) is 11.1 Å². The van der Waals surface area contributed by atoms with Crippen LogP contribution in [0.15, 0.2) is 51.8 Å². The highest BCUT2D eigenvalue weighted by atomic mass is 16.4. The van der Waals surface area contributed by atoms with Crippen LogP contribution in [-0.2, 0) is 6.42 Å². The molecular weight excluding hydrogens is 384 g/mol. The normalized spacial score (nSPS) is 13.0. The van der Waals surface area contributed by atoms with Gasteiger partial charge in [0.1, 0.15) is 5.82 Å². The van der Waals surface area contributed by atoms with E-state index in [0.717, 1.165) is 28.9 Å². The minimum atomic E-state index is -0.491. The molecule has 0 aliphatic carbocycles. The molecule has 0 radical (unpaired) electrons. The zero-order valence-corrected chi connectivity index (χ0v) is 16.1. The van der Waals surface area contributed by atoms with E-state index in [1.165, 1.54) is 0 Å². The number of hydrogen-bond acceptors (Lipinski definition) is 7. The van der Waals surface area contributed by atoms with E-state index >= 15 is 0 Å². The molecule has 4 N–H and O–H groups in total. The lowest BCUT2D eigenvalue weighted by molar-refractivity contribution is 0.0946. The first-order chi connectivity index (χ1) is 14.5. The first-order valence-electron chi connectivity index (χ1n) is 9.47. The Morgan fingerprint density at radius 3 is 2.80 bits per heavy atom. The fraction of sp³-hybridized carbons (Fsp3) is 0.143. The Morgan fingerprint density at radius 2 is 1.90 bits per heavy atom. The molecule has 2 aromatic heterocycles. The Labute approximate surface area is 170 Å². The van der Waals surface area contributed by atoms with Gasteiger partial charge in [-0.25, -0.2) is 9.78 Å². The first-order valence-corrected chi connectivity index (χ1v) is 9.47. The number of amides is 1. The zero-order valence-electron chi connectivity index (χ0n) is 16.1. The molecule has 0 spiro atoms. The minimum absolute atomic E-state index is 0.0446. The number of benzene rings is 2. The van der Waals surface area contributed by atoms with Crippen LogP contribution in [0.5, 0.6) is 0 Å². The molecular formula is C21H18N6O3. The van der Waals surface area contributed by atoms with Crippen molar-refractivity contribution >= 4 is 40.1 Å². The largest absolute Gasteiger partial charge is 0.417 e. The van der Waals surface area contributed by atoms with Gasteiger partial charge in [0.05, 0.1) is 5.52 Å². The molecule has 0 unspecified atom stereocenters. The summed E-state index contributed by atoms with van der Waals surface area (Å²) in [4.78, 5) is 34.8. The van der Waals surface area contributed by atoms with Gasteiger partial charge in [0.15, 0.2) is 5.58 Å². The van der Waals surface area contributed by atoms with Crippen LogP contribution in [0.1, 0.15) is 21.5 Å². The van der Waals surface area contributed by atoms with E-state index in [9.17, 15) is 9.59 Å². The molecule has 2 aromatic carbocycles. The van der Waals surface area contributed by atoms with E-state index in [2.05, 4.69) is 30.9 Å². The van der Waals surface area contributed by atoms with Crippen molar-refractivity contribution in [3.05, 3.63) is 69.8 Å². The SMILES string of the molecule is Cc1cnc(Nc2ccc3c(c2)CCNC3=O)nc1Nc1ccc2oc(=O)[nH]c2c1. The number of hydrogen-bond donors (Lipinski definition) is 4. The molecule has 0 atom stereocenters. The molecule has 0 saturated carbocycles. The number of rotatable bonds is 4. The average molecular weight is 402 g/mol. The molecule has 5 rings (SSSR count). The van der Waals surface area contributed by atoms with Crippen molar-refractivity contribution in [2.24, 2.45) is 0 Å². The predicted octanol–water partition coefficient (Wildman–Crippen LogP) is 2.99. The van der Waals surface area contributed by atoms with E-state index in [1.54, 1.807) is 24.4 Å². The number of carbonyl (C=O) groups is 1. The Balaban J connectivity index is 1.40. The number of anilines is 4. The van der Waals surface area contributed by atoms with Crippen LogP contribution in [-0.4, -0.2) is 27.4 Å². The number of aromatic amines is 1. The van der Waals surface area contributed by atoms with Crippen LogP contribution in [0.2, 0.25) is 0 Å². The van der Waals surface area contributed by atoms with Gasteiger partial charge in [-0.3, -0.25) is 9.78 Å². The van der Waals surface area contributed by atoms with Crippen molar-refractivity contribution in [3.8, 4) is 0 Å². The second-order valence-electron chi connectivity index (χ2n) is 7.08. The maximum absolute atomic E-state index is 11.9. The van der Waals surface area contributed by atoms with Gasteiger partial charge in [0, 0.05) is 35.2 Å². The molecule has 0 fully saturated rings. The average Bonchev–Trinajstić information content (AvgIpc) is 3.10. The molecule has 1 amide bonds. The van der Waals surface area contributed by atoms with Gasteiger partial charge in [-0.15, -0.1) is 0 Å². The fourth-order valence-electron chi connectivity index (χ4n) is 3.43. The smallest absolute Gasteiger partial charge is 0.408 e. The molecule has 9 heteroatoms. The molecule has 0 saturated heterocycles. The van der Waals surface area contributed by atoms with Gasteiger partial charge in [-0.2, -0.15) is 4.98 Å². The summed E-state index contributed by atoms with van der Waals surface area (Å²) in [5.41, 5.74) is 5.23. The van der Waals surface area contributed by atoms with Gasteiger partial charge in [-0.05, 0) is 55.3 Å². The highest BCUT2D eigenvalue weighted by Crippen LogP contribution is 2.24. The minimum Gasteiger partial charge on any atom is -0.408 e. The highest BCUT2D eigenvalue weighted by molar-refractivity contribution is 5.97. The Bertz CT molecular complexity index is 1340. The number of H-pyrrole nitrogens is 1. The van der Waals surface area contributed by atoms with Crippen LogP contribution in [0, 0.1) is 6.92 Å². The van der Waals surface area contributed by atoms with Gasteiger partial charge in [0.2, 0.25) is 5.95 Å². The topological polar surface area (TPSA) is 125 Å². The number of aromatic nitrogens is 3. The third-order valence-corrected chi connectivity index (χ3v) is 4.94. The number of nitrogens with zero attached hydrogens (tertiary/aromatic N) is 2. The molecule has 4 aromatic rings. The maximum Gasteiger partial charge on any atom is 0.417 e. The van der Waals surface area contributed by atoms with Gasteiger partial charge < -0.3 is 20.4 Å². The third kappa shape index (κ3) is 3.37. The number of nitrogens with one attached hydrogen (secondary N) is 4. The van der Waals surface area contributed by atoms with E-state index in [0.29, 0.717) is 35.0 Å². The maximum atomic E-state index is 11.9. The van der Waals surface area contributed by atoms with Crippen LogP contribution in [0.4, 0.5) is 23.1 Å². The fourth-order valence-corrected chi connectivity index (χ4v) is 3.43. The Hall–Kier alpha value is -4.14. The number of carbonyl (C=O) groups excluding carboxylic acids is 1. The third-order valence-electron chi connectivity index (χ3n) is 4.94. The Morgan fingerprint density at radius 1 is 1.07 bits per heavy atom. The first kappa shape index (κ1) is 17.9. The van der Waals surface area contributed by atoms with E-state index in [-0.39, 0.29) is 5.91 Å². The summed E-state index contributed by atoms with van der Waals surface area (Å²) in [6.45, 7) is 2.54. The predicted molar refractivity (Wildman–Crippen MR) is 113 cm³/mol. The Kier molecular flexibility index (Phi) is 4.20. The monoisotopic (exact) mass is 402 g/mol. The molecule has 9 nitrogen and oxygen atoms in total. The second kappa shape index (κ2) is 7.03. The van der Waals surface area contributed by atoms with Crippen molar-refractivity contribution in [2.45, 2.75) is 13.3 Å². The van der Waals surface area contributed by atoms with Gasteiger partial charge >= 0.3 is 5.76 Å². The number of fused-ring (bicyclic) bond motifs is 2. The van der Waals surface area contributed by atoms with Crippen LogP contribution in [0.3, 0.4) is 0 Å². The van der Waals surface area contributed by atoms with Crippen molar-refractivity contribution in [1.82, 2.24) is 20.3 Å². The molecule has 1 aliphatic rings. The summed E-state index contributed by atoms with van der Waals surface area (Å²) in [6, 6.07) is 10.9. The van der Waals surface area contributed by atoms with E-state index in [1.807, 2.05) is 25.1 Å². The summed E-state index contributed by atoms with van der Waals surface area (Å²) >= 11 is 0. The lowest BCUT2D eigenvalue weighted by Gasteiger charge is -2.17.